The maximum absolute atomic E-state index is 5.40. The zero-order valence-corrected chi connectivity index (χ0v) is 6.44. The summed E-state index contributed by atoms with van der Waals surface area (Å²) in [6.45, 7) is 0.373. The minimum Gasteiger partial charge on any atom is -0.324 e. The van der Waals surface area contributed by atoms with Crippen LogP contribution >= 0.6 is 0 Å². The third-order valence-electron chi connectivity index (χ3n) is 1.61. The van der Waals surface area contributed by atoms with Crippen LogP contribution in [0.4, 0.5) is 0 Å². The van der Waals surface area contributed by atoms with E-state index in [1.165, 1.54) is 0 Å². The summed E-state index contributed by atoms with van der Waals surface area (Å²) in [4.78, 5) is 12.2. The molecule has 0 spiro atoms. The van der Waals surface area contributed by atoms with Gasteiger partial charge in [-0.25, -0.2) is 9.97 Å². The fraction of sp³-hybridized carbons (Fsp3) is 0.125. The van der Waals surface area contributed by atoms with Crippen LogP contribution in [0.1, 0.15) is 5.82 Å². The Labute approximate surface area is 69.5 Å². The zero-order chi connectivity index (χ0) is 8.39. The summed E-state index contributed by atoms with van der Waals surface area (Å²) >= 11 is 0. The average Bonchev–Trinajstić information content (AvgIpc) is 2.17. The normalized spacial score (nSPS) is 10.4. The average molecular weight is 160 g/mol. The highest BCUT2D eigenvalue weighted by Gasteiger charge is 1.96. The first-order valence-electron chi connectivity index (χ1n) is 3.66. The summed E-state index contributed by atoms with van der Waals surface area (Å²) in [6, 6.07) is 1.84. The quantitative estimate of drug-likeness (QED) is 0.659. The van der Waals surface area contributed by atoms with Crippen molar-refractivity contribution in [3.8, 4) is 0 Å². The highest BCUT2D eigenvalue weighted by atomic mass is 14.9. The molecule has 0 atom stereocenters. The summed E-state index contributed by atoms with van der Waals surface area (Å²) in [5.74, 6) is 0.661. The van der Waals surface area contributed by atoms with Crippen LogP contribution in [0.15, 0.2) is 24.7 Å². The molecule has 0 amide bonds. The van der Waals surface area contributed by atoms with Crippen molar-refractivity contribution in [1.82, 2.24) is 15.0 Å². The Morgan fingerprint density at radius 1 is 1.33 bits per heavy atom. The van der Waals surface area contributed by atoms with Crippen LogP contribution in [-0.2, 0) is 6.54 Å². The molecular weight excluding hydrogens is 152 g/mol. The lowest BCUT2D eigenvalue weighted by molar-refractivity contribution is 0.926. The van der Waals surface area contributed by atoms with E-state index in [4.69, 9.17) is 5.73 Å². The van der Waals surface area contributed by atoms with Gasteiger partial charge in [0.2, 0.25) is 0 Å². The molecule has 0 bridgehead atoms. The number of pyridine rings is 1. The Bertz CT molecular complexity index is 399. The van der Waals surface area contributed by atoms with E-state index in [0.717, 1.165) is 10.9 Å². The molecule has 60 valence electrons. The minimum absolute atomic E-state index is 0.373. The molecule has 0 radical (unpaired) electrons. The van der Waals surface area contributed by atoms with Crippen LogP contribution in [0.3, 0.4) is 0 Å². The van der Waals surface area contributed by atoms with E-state index in [9.17, 15) is 0 Å². The van der Waals surface area contributed by atoms with E-state index in [2.05, 4.69) is 15.0 Å². The van der Waals surface area contributed by atoms with Crippen molar-refractivity contribution in [3.63, 3.8) is 0 Å². The smallest absolute Gasteiger partial charge is 0.142 e. The molecule has 0 aromatic carbocycles. The highest BCUT2D eigenvalue weighted by molar-refractivity contribution is 5.75. The monoisotopic (exact) mass is 160 g/mol. The molecule has 0 saturated heterocycles. The molecule has 0 fully saturated rings. The van der Waals surface area contributed by atoms with E-state index >= 15 is 0 Å². The van der Waals surface area contributed by atoms with Gasteiger partial charge in [-0.05, 0) is 6.07 Å². The van der Waals surface area contributed by atoms with Crippen molar-refractivity contribution < 1.29 is 0 Å². The Morgan fingerprint density at radius 3 is 3.08 bits per heavy atom. The van der Waals surface area contributed by atoms with Gasteiger partial charge in [-0.3, -0.25) is 4.98 Å². The second-order valence-electron chi connectivity index (χ2n) is 2.42. The van der Waals surface area contributed by atoms with Crippen molar-refractivity contribution in [2.24, 2.45) is 5.73 Å². The fourth-order valence-corrected chi connectivity index (χ4v) is 1.01. The Morgan fingerprint density at radius 2 is 2.25 bits per heavy atom. The van der Waals surface area contributed by atoms with Gasteiger partial charge in [0.05, 0.1) is 12.1 Å². The lowest BCUT2D eigenvalue weighted by atomic mass is 10.3. The van der Waals surface area contributed by atoms with Crippen molar-refractivity contribution >= 4 is 10.9 Å². The Hall–Kier alpha value is -1.55. The lowest BCUT2D eigenvalue weighted by Gasteiger charge is -1.97. The van der Waals surface area contributed by atoms with Crippen molar-refractivity contribution in [2.45, 2.75) is 6.54 Å². The fourth-order valence-electron chi connectivity index (χ4n) is 1.01. The van der Waals surface area contributed by atoms with Gasteiger partial charge in [-0.2, -0.15) is 0 Å². The number of nitrogens with zero attached hydrogens (tertiary/aromatic N) is 3. The predicted octanol–water partition coefficient (Wildman–Crippen LogP) is 0.483. The van der Waals surface area contributed by atoms with Gasteiger partial charge in [0.1, 0.15) is 5.82 Å². The summed E-state index contributed by atoms with van der Waals surface area (Å²) in [5, 5.41) is 0.940. The molecule has 0 aliphatic rings. The molecule has 0 aliphatic carbocycles. The van der Waals surface area contributed by atoms with E-state index in [0.29, 0.717) is 12.4 Å². The standard InChI is InChI=1S/C8H8N4/c9-3-8-11-5-6-4-10-2-1-7(6)12-8/h1-2,4-5H,3,9H2. The molecule has 12 heavy (non-hydrogen) atoms. The summed E-state index contributed by atoms with van der Waals surface area (Å²) < 4.78 is 0. The van der Waals surface area contributed by atoms with Gasteiger partial charge < -0.3 is 5.73 Å². The summed E-state index contributed by atoms with van der Waals surface area (Å²) in [7, 11) is 0. The molecule has 2 heterocycles. The van der Waals surface area contributed by atoms with E-state index in [-0.39, 0.29) is 0 Å². The van der Waals surface area contributed by atoms with Crippen LogP contribution in [0.25, 0.3) is 10.9 Å². The molecule has 2 rings (SSSR count). The van der Waals surface area contributed by atoms with Crippen LogP contribution in [0.5, 0.6) is 0 Å². The second kappa shape index (κ2) is 2.83. The van der Waals surface area contributed by atoms with Crippen LogP contribution in [-0.4, -0.2) is 15.0 Å². The maximum Gasteiger partial charge on any atom is 0.142 e. The lowest BCUT2D eigenvalue weighted by Crippen LogP contribution is -2.02. The first-order valence-corrected chi connectivity index (χ1v) is 3.66. The molecule has 0 unspecified atom stereocenters. The second-order valence-corrected chi connectivity index (χ2v) is 2.42. The molecule has 2 aromatic rings. The molecule has 4 heteroatoms. The third kappa shape index (κ3) is 1.12. The van der Waals surface area contributed by atoms with E-state index in [1.54, 1.807) is 18.6 Å². The number of hydrogen-bond acceptors (Lipinski definition) is 4. The third-order valence-corrected chi connectivity index (χ3v) is 1.61. The summed E-state index contributed by atoms with van der Waals surface area (Å²) in [5.41, 5.74) is 6.29. The molecule has 0 saturated carbocycles. The molecule has 2 aromatic heterocycles. The maximum atomic E-state index is 5.40. The Balaban J connectivity index is 2.67. The largest absolute Gasteiger partial charge is 0.324 e. The number of fused-ring (bicyclic) bond motifs is 1. The van der Waals surface area contributed by atoms with Crippen LogP contribution in [0.2, 0.25) is 0 Å². The van der Waals surface area contributed by atoms with Gasteiger partial charge in [0, 0.05) is 24.0 Å². The number of nitrogens with two attached hydrogens (primary N) is 1. The predicted molar refractivity (Wildman–Crippen MR) is 45.2 cm³/mol. The van der Waals surface area contributed by atoms with Gasteiger partial charge >= 0.3 is 0 Å². The van der Waals surface area contributed by atoms with Crippen molar-refractivity contribution in [3.05, 3.63) is 30.5 Å². The SMILES string of the molecule is NCc1ncc2cnccc2n1. The Kier molecular flexibility index (Phi) is 1.68. The first-order chi connectivity index (χ1) is 5.90. The molecule has 2 N–H and O–H groups in total. The molecule has 0 aliphatic heterocycles. The summed E-state index contributed by atoms with van der Waals surface area (Å²) in [6.07, 6.45) is 5.17. The first kappa shape index (κ1) is 7.12. The number of hydrogen-bond donors (Lipinski definition) is 1. The van der Waals surface area contributed by atoms with Crippen LogP contribution in [0, 0.1) is 0 Å². The van der Waals surface area contributed by atoms with Crippen molar-refractivity contribution in [1.29, 1.82) is 0 Å². The van der Waals surface area contributed by atoms with Gasteiger partial charge in [0.15, 0.2) is 0 Å². The van der Waals surface area contributed by atoms with Crippen molar-refractivity contribution in [2.75, 3.05) is 0 Å². The minimum atomic E-state index is 0.373. The topological polar surface area (TPSA) is 64.7 Å². The number of rotatable bonds is 1. The van der Waals surface area contributed by atoms with Gasteiger partial charge in [-0.15, -0.1) is 0 Å². The van der Waals surface area contributed by atoms with Gasteiger partial charge in [0.25, 0.3) is 0 Å². The zero-order valence-electron chi connectivity index (χ0n) is 6.44. The molecular formula is C8H8N4. The number of aromatic nitrogens is 3. The van der Waals surface area contributed by atoms with E-state index in [1.807, 2.05) is 6.07 Å². The van der Waals surface area contributed by atoms with Gasteiger partial charge in [-0.1, -0.05) is 0 Å². The van der Waals surface area contributed by atoms with Crippen LogP contribution < -0.4 is 5.73 Å². The highest BCUT2D eigenvalue weighted by Crippen LogP contribution is 2.06. The van der Waals surface area contributed by atoms with E-state index < -0.39 is 0 Å². The molecule has 4 nitrogen and oxygen atoms in total.